The maximum atomic E-state index is 11.3. The number of methoxy groups -OCH3 is 1. The Hall–Kier alpha value is -3.64. The second kappa shape index (κ2) is 12.3. The van der Waals surface area contributed by atoms with E-state index in [-0.39, 0.29) is 5.97 Å². The van der Waals surface area contributed by atoms with E-state index >= 15 is 0 Å². The summed E-state index contributed by atoms with van der Waals surface area (Å²) in [6.07, 6.45) is 4.31. The van der Waals surface area contributed by atoms with E-state index in [1.807, 2.05) is 35.6 Å². The van der Waals surface area contributed by atoms with Crippen molar-refractivity contribution in [3.63, 3.8) is 0 Å². The number of hydrogen-bond acceptors (Lipinski definition) is 6. The van der Waals surface area contributed by atoms with Crippen molar-refractivity contribution in [2.75, 3.05) is 18.6 Å². The number of anilines is 1. The topological polar surface area (TPSA) is 51.7 Å². The number of ether oxygens (including phenoxy) is 2. The van der Waals surface area contributed by atoms with E-state index in [4.69, 9.17) is 14.5 Å². The van der Waals surface area contributed by atoms with Gasteiger partial charge in [-0.25, -0.2) is 4.98 Å². The molecular weight excluding hydrogens is 492 g/mol. The Balaban J connectivity index is 1.19. The molecular formula is C32H34N2O3S. The monoisotopic (exact) mass is 526 g/mol. The average Bonchev–Trinajstić information content (AvgIpc) is 3.41. The molecule has 5 rings (SSSR count). The Labute approximate surface area is 229 Å². The number of aryl methyl sites for hydroxylation is 3. The number of carbonyl (C=O) groups excluding carboxylic acids is 1. The molecule has 3 aromatic carbocycles. The van der Waals surface area contributed by atoms with Crippen LogP contribution in [-0.2, 0) is 41.9 Å². The number of nitrogens with zero attached hydrogens (tertiary/aromatic N) is 2. The first-order valence-corrected chi connectivity index (χ1v) is 14.1. The summed E-state index contributed by atoms with van der Waals surface area (Å²) in [5.74, 6) is 0.627. The predicted molar refractivity (Wildman–Crippen MR) is 154 cm³/mol. The molecule has 1 heterocycles. The van der Waals surface area contributed by atoms with Crippen LogP contribution in [0.3, 0.4) is 0 Å². The Morgan fingerprint density at radius 1 is 0.947 bits per heavy atom. The molecule has 0 fully saturated rings. The summed E-state index contributed by atoms with van der Waals surface area (Å²) >= 11 is 1.85. The average molecular weight is 527 g/mol. The SMILES string of the molecule is CCCN(Cc1ccc(COc2ccc(CCC(=O)OC)cc2)cc1)c1nc2c(s1)CCc1ccccc1-2. The zero-order chi connectivity index (χ0) is 26.3. The first-order valence-electron chi connectivity index (χ1n) is 13.3. The van der Waals surface area contributed by atoms with Crippen LogP contribution >= 0.6 is 11.3 Å². The maximum absolute atomic E-state index is 11.3. The molecule has 0 saturated heterocycles. The standard InChI is InChI=1S/C32H34N2O3S/c1-3-20-34(32-33-31-28-7-5-4-6-26(28)15-18-29(31)38-32)21-24-8-10-25(11-9-24)22-37-27-16-12-23(13-17-27)14-19-30(35)36-2/h4-13,16-17H,3,14-15,18-22H2,1-2H3. The number of fused-ring (bicyclic) bond motifs is 3. The zero-order valence-electron chi connectivity index (χ0n) is 22.1. The molecule has 0 N–H and O–H groups in total. The number of thiazole rings is 1. The van der Waals surface area contributed by atoms with Crippen LogP contribution in [0.5, 0.6) is 5.75 Å². The fourth-order valence-corrected chi connectivity index (χ4v) is 5.91. The highest BCUT2D eigenvalue weighted by Gasteiger charge is 2.22. The second-order valence-corrected chi connectivity index (χ2v) is 10.7. The molecule has 4 aromatic rings. The lowest BCUT2D eigenvalue weighted by Gasteiger charge is -2.21. The quantitative estimate of drug-likeness (QED) is 0.197. The molecule has 0 radical (unpaired) electrons. The predicted octanol–water partition coefficient (Wildman–Crippen LogP) is 7.01. The van der Waals surface area contributed by atoms with Gasteiger partial charge in [-0.05, 0) is 60.1 Å². The van der Waals surface area contributed by atoms with Crippen LogP contribution in [0.4, 0.5) is 5.13 Å². The van der Waals surface area contributed by atoms with Crippen molar-refractivity contribution in [2.24, 2.45) is 0 Å². The first-order chi connectivity index (χ1) is 18.6. The molecule has 6 heteroatoms. The summed E-state index contributed by atoms with van der Waals surface area (Å²) in [6.45, 7) is 4.56. The highest BCUT2D eigenvalue weighted by Crippen LogP contribution is 2.39. The minimum Gasteiger partial charge on any atom is -0.489 e. The molecule has 0 spiro atoms. The largest absolute Gasteiger partial charge is 0.489 e. The van der Waals surface area contributed by atoms with Crippen LogP contribution in [0.2, 0.25) is 0 Å². The lowest BCUT2D eigenvalue weighted by Crippen LogP contribution is -2.23. The van der Waals surface area contributed by atoms with Crippen LogP contribution < -0.4 is 9.64 Å². The number of rotatable bonds is 11. The lowest BCUT2D eigenvalue weighted by molar-refractivity contribution is -0.140. The second-order valence-electron chi connectivity index (χ2n) is 9.67. The van der Waals surface area contributed by atoms with Gasteiger partial charge in [-0.3, -0.25) is 4.79 Å². The lowest BCUT2D eigenvalue weighted by atomic mass is 9.94. The molecule has 1 aliphatic carbocycles. The van der Waals surface area contributed by atoms with E-state index < -0.39 is 0 Å². The Kier molecular flexibility index (Phi) is 8.39. The number of esters is 1. The van der Waals surface area contributed by atoms with Crippen molar-refractivity contribution < 1.29 is 14.3 Å². The van der Waals surface area contributed by atoms with Gasteiger partial charge in [0.1, 0.15) is 12.4 Å². The van der Waals surface area contributed by atoms with Gasteiger partial charge >= 0.3 is 5.97 Å². The van der Waals surface area contributed by atoms with Crippen molar-refractivity contribution in [1.82, 2.24) is 4.98 Å². The van der Waals surface area contributed by atoms with Crippen LogP contribution in [0.1, 0.15) is 46.9 Å². The van der Waals surface area contributed by atoms with E-state index in [9.17, 15) is 4.79 Å². The van der Waals surface area contributed by atoms with Crippen LogP contribution in [0, 0.1) is 0 Å². The van der Waals surface area contributed by atoms with Crippen molar-refractivity contribution in [1.29, 1.82) is 0 Å². The minimum absolute atomic E-state index is 0.192. The minimum atomic E-state index is -0.192. The fraction of sp³-hybridized carbons (Fsp3) is 0.312. The maximum Gasteiger partial charge on any atom is 0.305 e. The Bertz CT molecular complexity index is 1360. The van der Waals surface area contributed by atoms with Crippen LogP contribution in [0.25, 0.3) is 11.3 Å². The van der Waals surface area contributed by atoms with Gasteiger partial charge in [0.2, 0.25) is 0 Å². The summed E-state index contributed by atoms with van der Waals surface area (Å²) in [5, 5.41) is 1.12. The molecule has 5 nitrogen and oxygen atoms in total. The fourth-order valence-electron chi connectivity index (χ4n) is 4.81. The number of aromatic nitrogens is 1. The summed E-state index contributed by atoms with van der Waals surface area (Å²) in [6, 6.07) is 25.3. The van der Waals surface area contributed by atoms with Crippen molar-refractivity contribution in [3.8, 4) is 17.0 Å². The van der Waals surface area contributed by atoms with Crippen molar-refractivity contribution in [2.45, 2.75) is 52.2 Å². The summed E-state index contributed by atoms with van der Waals surface area (Å²) in [4.78, 5) is 20.3. The first kappa shape index (κ1) is 26.0. The Morgan fingerprint density at radius 3 is 2.45 bits per heavy atom. The van der Waals surface area contributed by atoms with E-state index in [0.29, 0.717) is 19.4 Å². The van der Waals surface area contributed by atoms with Gasteiger partial charge in [-0.15, -0.1) is 11.3 Å². The molecule has 0 atom stereocenters. The van der Waals surface area contributed by atoms with Gasteiger partial charge in [-0.1, -0.05) is 67.6 Å². The third-order valence-electron chi connectivity index (χ3n) is 6.91. The van der Waals surface area contributed by atoms with E-state index in [1.54, 1.807) is 0 Å². The van der Waals surface area contributed by atoms with E-state index in [1.165, 1.54) is 34.4 Å². The third kappa shape index (κ3) is 6.25. The van der Waals surface area contributed by atoms with E-state index in [0.717, 1.165) is 54.4 Å². The molecule has 0 unspecified atom stereocenters. The van der Waals surface area contributed by atoms with Gasteiger partial charge in [0.25, 0.3) is 0 Å². The van der Waals surface area contributed by atoms with Crippen molar-refractivity contribution in [3.05, 3.63) is 99.9 Å². The molecule has 196 valence electrons. The van der Waals surface area contributed by atoms with Gasteiger partial charge in [-0.2, -0.15) is 0 Å². The molecule has 0 bridgehead atoms. The number of hydrogen-bond donors (Lipinski definition) is 0. The Morgan fingerprint density at radius 2 is 1.68 bits per heavy atom. The molecule has 0 saturated carbocycles. The van der Waals surface area contributed by atoms with Crippen LogP contribution in [-0.4, -0.2) is 24.6 Å². The van der Waals surface area contributed by atoms with Crippen LogP contribution in [0.15, 0.2) is 72.8 Å². The van der Waals surface area contributed by atoms with Crippen molar-refractivity contribution >= 4 is 22.4 Å². The van der Waals surface area contributed by atoms with Gasteiger partial charge in [0.05, 0.1) is 12.8 Å². The highest BCUT2D eigenvalue weighted by molar-refractivity contribution is 7.16. The molecule has 1 aliphatic rings. The molecule has 38 heavy (non-hydrogen) atoms. The normalized spacial score (nSPS) is 11.9. The van der Waals surface area contributed by atoms with Gasteiger partial charge in [0, 0.05) is 30.0 Å². The smallest absolute Gasteiger partial charge is 0.305 e. The van der Waals surface area contributed by atoms with Gasteiger partial charge in [0.15, 0.2) is 5.13 Å². The highest BCUT2D eigenvalue weighted by atomic mass is 32.1. The summed E-state index contributed by atoms with van der Waals surface area (Å²) in [5.41, 5.74) is 7.38. The molecule has 1 aromatic heterocycles. The summed E-state index contributed by atoms with van der Waals surface area (Å²) in [7, 11) is 1.42. The zero-order valence-corrected chi connectivity index (χ0v) is 22.9. The summed E-state index contributed by atoms with van der Waals surface area (Å²) < 4.78 is 10.7. The molecule has 0 amide bonds. The molecule has 0 aliphatic heterocycles. The van der Waals surface area contributed by atoms with E-state index in [2.05, 4.69) is 60.4 Å². The number of carbonyl (C=O) groups is 1. The van der Waals surface area contributed by atoms with Gasteiger partial charge < -0.3 is 14.4 Å². The number of benzene rings is 3. The third-order valence-corrected chi connectivity index (χ3v) is 8.09.